The van der Waals surface area contributed by atoms with Crippen molar-refractivity contribution in [2.45, 2.75) is 0 Å². The average molecular weight is 356 g/mol. The first-order valence-corrected chi connectivity index (χ1v) is 7.78. The van der Waals surface area contributed by atoms with Gasteiger partial charge in [-0.1, -0.05) is 6.07 Å². The highest BCUT2D eigenvalue weighted by Gasteiger charge is 2.05. The number of aromatic hydroxyl groups is 1. The largest absolute Gasteiger partial charge is 0.504 e. The number of rotatable bonds is 7. The van der Waals surface area contributed by atoms with Gasteiger partial charge in [0.25, 0.3) is 0 Å². The Morgan fingerprint density at radius 3 is 2.46 bits per heavy atom. The maximum Gasteiger partial charge on any atom is 0.244 e. The molecule has 26 heavy (non-hydrogen) atoms. The van der Waals surface area contributed by atoms with Crippen LogP contribution in [0.2, 0.25) is 0 Å². The van der Waals surface area contributed by atoms with Gasteiger partial charge in [-0.3, -0.25) is 9.59 Å². The number of carbonyl (C=O) groups excluding carboxylic acids is 2. The number of phenols is 1. The highest BCUT2D eigenvalue weighted by molar-refractivity contribution is 5.98. The molecule has 0 radical (unpaired) electrons. The van der Waals surface area contributed by atoms with Crippen molar-refractivity contribution < 1.29 is 24.2 Å². The van der Waals surface area contributed by atoms with Crippen LogP contribution in [0, 0.1) is 0 Å². The molecule has 0 fully saturated rings. The van der Waals surface area contributed by atoms with Crippen LogP contribution in [0.5, 0.6) is 17.2 Å². The minimum atomic E-state index is -0.415. The van der Waals surface area contributed by atoms with E-state index in [4.69, 9.17) is 9.47 Å². The monoisotopic (exact) mass is 356 g/mol. The molecule has 0 aromatic heterocycles. The van der Waals surface area contributed by atoms with Gasteiger partial charge in [0.2, 0.25) is 11.8 Å². The molecule has 0 saturated heterocycles. The second-order valence-electron chi connectivity index (χ2n) is 5.26. The van der Waals surface area contributed by atoms with Crippen LogP contribution in [0.4, 0.5) is 5.69 Å². The Balaban J connectivity index is 1.82. The highest BCUT2D eigenvalue weighted by atomic mass is 16.5. The summed E-state index contributed by atoms with van der Waals surface area (Å²) in [5.41, 5.74) is 1.29. The fraction of sp³-hybridized carbons (Fsp3) is 0.158. The smallest absolute Gasteiger partial charge is 0.244 e. The summed E-state index contributed by atoms with van der Waals surface area (Å²) >= 11 is 0. The maximum atomic E-state index is 11.8. The first kappa shape index (κ1) is 18.9. The summed E-state index contributed by atoms with van der Waals surface area (Å²) in [5, 5.41) is 14.7. The van der Waals surface area contributed by atoms with Crippen molar-refractivity contribution in [3.05, 3.63) is 54.1 Å². The fourth-order valence-electron chi connectivity index (χ4n) is 2.08. The minimum Gasteiger partial charge on any atom is -0.504 e. The average Bonchev–Trinajstić information content (AvgIpc) is 2.66. The van der Waals surface area contributed by atoms with Gasteiger partial charge in [-0.15, -0.1) is 0 Å². The molecule has 136 valence electrons. The summed E-state index contributed by atoms with van der Waals surface area (Å²) in [7, 11) is 3.00. The molecule has 7 heteroatoms. The fourth-order valence-corrected chi connectivity index (χ4v) is 2.08. The standard InChI is InChI=1S/C19H20N2O5/c1-25-15-7-5-14(6-8-15)21-19(24)12-20-18(23)10-4-13-3-9-16(22)17(11-13)26-2/h3-11,22H,12H2,1-2H3,(H,20,23)(H,21,24)/b10-4+. The highest BCUT2D eigenvalue weighted by Crippen LogP contribution is 2.26. The van der Waals surface area contributed by atoms with Gasteiger partial charge in [-0.05, 0) is 48.0 Å². The number of nitrogens with one attached hydrogen (secondary N) is 2. The van der Waals surface area contributed by atoms with Crippen molar-refractivity contribution in [3.63, 3.8) is 0 Å². The molecule has 0 unspecified atom stereocenters. The lowest BCUT2D eigenvalue weighted by atomic mass is 10.2. The molecule has 0 aliphatic rings. The molecule has 2 amide bonds. The molecule has 0 aliphatic carbocycles. The van der Waals surface area contributed by atoms with E-state index in [1.54, 1.807) is 49.6 Å². The van der Waals surface area contributed by atoms with E-state index >= 15 is 0 Å². The Hall–Kier alpha value is -3.48. The third kappa shape index (κ3) is 5.55. The predicted octanol–water partition coefficient (Wildman–Crippen LogP) is 2.18. The van der Waals surface area contributed by atoms with E-state index in [2.05, 4.69) is 10.6 Å². The SMILES string of the molecule is COc1ccc(NC(=O)CNC(=O)/C=C/c2ccc(O)c(OC)c2)cc1. The summed E-state index contributed by atoms with van der Waals surface area (Å²) in [6, 6.07) is 11.6. The molecule has 0 bridgehead atoms. The van der Waals surface area contributed by atoms with Crippen LogP contribution in [0.25, 0.3) is 6.08 Å². The van der Waals surface area contributed by atoms with Crippen molar-refractivity contribution in [1.29, 1.82) is 0 Å². The lowest BCUT2D eigenvalue weighted by Crippen LogP contribution is -2.31. The Labute approximate surface area is 151 Å². The van der Waals surface area contributed by atoms with Crippen LogP contribution >= 0.6 is 0 Å². The summed E-state index contributed by atoms with van der Waals surface area (Å²) in [6.45, 7) is -0.159. The number of ether oxygens (including phenoxy) is 2. The van der Waals surface area contributed by atoms with E-state index in [0.29, 0.717) is 22.7 Å². The van der Waals surface area contributed by atoms with Crippen molar-refractivity contribution in [2.24, 2.45) is 0 Å². The number of hydrogen-bond donors (Lipinski definition) is 3. The number of methoxy groups -OCH3 is 2. The summed E-state index contributed by atoms with van der Waals surface area (Å²) < 4.78 is 10.0. The predicted molar refractivity (Wildman–Crippen MR) is 98.3 cm³/mol. The second kappa shape index (κ2) is 9.12. The summed E-state index contributed by atoms with van der Waals surface area (Å²) in [6.07, 6.45) is 2.85. The van der Waals surface area contributed by atoms with E-state index in [1.165, 1.54) is 19.3 Å². The molecule has 0 heterocycles. The summed E-state index contributed by atoms with van der Waals surface area (Å²) in [4.78, 5) is 23.6. The van der Waals surface area contributed by atoms with E-state index in [1.807, 2.05) is 0 Å². The second-order valence-corrected chi connectivity index (χ2v) is 5.26. The molecule has 0 atom stereocenters. The molecule has 3 N–H and O–H groups in total. The van der Waals surface area contributed by atoms with E-state index in [0.717, 1.165) is 0 Å². The number of benzene rings is 2. The van der Waals surface area contributed by atoms with Gasteiger partial charge in [0.15, 0.2) is 11.5 Å². The number of carbonyl (C=O) groups is 2. The molecule has 0 spiro atoms. The first-order valence-electron chi connectivity index (χ1n) is 7.78. The quantitative estimate of drug-likeness (QED) is 0.661. The van der Waals surface area contributed by atoms with Crippen molar-refractivity contribution in [3.8, 4) is 17.2 Å². The molecule has 2 aromatic rings. The van der Waals surface area contributed by atoms with Gasteiger partial charge in [0, 0.05) is 11.8 Å². The van der Waals surface area contributed by atoms with Gasteiger partial charge in [-0.2, -0.15) is 0 Å². The Morgan fingerprint density at radius 1 is 1.08 bits per heavy atom. The van der Waals surface area contributed by atoms with Crippen molar-refractivity contribution in [2.75, 3.05) is 26.1 Å². The third-order valence-electron chi connectivity index (χ3n) is 3.43. The Bertz CT molecular complexity index is 800. The van der Waals surface area contributed by atoms with Gasteiger partial charge >= 0.3 is 0 Å². The van der Waals surface area contributed by atoms with Crippen LogP contribution in [0.3, 0.4) is 0 Å². The summed E-state index contributed by atoms with van der Waals surface area (Å²) in [5.74, 6) is 0.258. The van der Waals surface area contributed by atoms with E-state index < -0.39 is 5.91 Å². The molecular weight excluding hydrogens is 336 g/mol. The van der Waals surface area contributed by atoms with Crippen molar-refractivity contribution in [1.82, 2.24) is 5.32 Å². The number of amides is 2. The lowest BCUT2D eigenvalue weighted by Gasteiger charge is -2.06. The molecule has 0 aliphatic heterocycles. The zero-order valence-corrected chi connectivity index (χ0v) is 14.5. The normalized spacial score (nSPS) is 10.4. The van der Waals surface area contributed by atoms with Gasteiger partial charge in [0.05, 0.1) is 20.8 Å². The third-order valence-corrected chi connectivity index (χ3v) is 3.43. The zero-order chi connectivity index (χ0) is 18.9. The van der Waals surface area contributed by atoms with Gasteiger partial charge in [-0.25, -0.2) is 0 Å². The Morgan fingerprint density at radius 2 is 1.81 bits per heavy atom. The van der Waals surface area contributed by atoms with E-state index in [9.17, 15) is 14.7 Å². The van der Waals surface area contributed by atoms with Crippen molar-refractivity contribution >= 4 is 23.6 Å². The topological polar surface area (TPSA) is 96.9 Å². The Kier molecular flexibility index (Phi) is 6.61. The zero-order valence-electron chi connectivity index (χ0n) is 14.5. The number of anilines is 1. The van der Waals surface area contributed by atoms with Gasteiger partial charge in [0.1, 0.15) is 5.75 Å². The molecule has 0 saturated carbocycles. The van der Waals surface area contributed by atoms with Crippen LogP contribution in [-0.2, 0) is 9.59 Å². The molecule has 2 aromatic carbocycles. The molecule has 7 nitrogen and oxygen atoms in total. The first-order chi connectivity index (χ1) is 12.5. The van der Waals surface area contributed by atoms with Crippen LogP contribution in [0.15, 0.2) is 48.5 Å². The minimum absolute atomic E-state index is 0.0179. The van der Waals surface area contributed by atoms with Crippen LogP contribution in [0.1, 0.15) is 5.56 Å². The number of hydrogen-bond acceptors (Lipinski definition) is 5. The number of phenolic OH excluding ortho intramolecular Hbond substituents is 1. The van der Waals surface area contributed by atoms with Crippen LogP contribution in [-0.4, -0.2) is 37.7 Å². The lowest BCUT2D eigenvalue weighted by molar-refractivity contribution is -0.121. The van der Waals surface area contributed by atoms with E-state index in [-0.39, 0.29) is 18.2 Å². The van der Waals surface area contributed by atoms with Gasteiger partial charge < -0.3 is 25.2 Å². The van der Waals surface area contributed by atoms with Crippen LogP contribution < -0.4 is 20.1 Å². The molecular formula is C19H20N2O5. The maximum absolute atomic E-state index is 11.8. The molecule has 2 rings (SSSR count).